The third-order valence-corrected chi connectivity index (χ3v) is 9.01. The smallest absolute Gasteiger partial charge is 0.330 e. The zero-order valence-corrected chi connectivity index (χ0v) is 29.5. The highest BCUT2D eigenvalue weighted by molar-refractivity contribution is 6.47. The van der Waals surface area contributed by atoms with E-state index >= 15 is 0 Å². The highest BCUT2D eigenvalue weighted by atomic mass is 16.5. The summed E-state index contributed by atoms with van der Waals surface area (Å²) in [6, 6.07) is 31.5. The number of aromatic nitrogens is 3. The molecule has 5 nitrogen and oxygen atoms in total. The minimum absolute atomic E-state index is 0.0725. The summed E-state index contributed by atoms with van der Waals surface area (Å²) in [5, 5.41) is 10.4. The van der Waals surface area contributed by atoms with Gasteiger partial charge in [0, 0.05) is 28.5 Å². The minimum atomic E-state index is -0.979. The predicted octanol–water partition coefficient (Wildman–Crippen LogP) is 8.95. The number of nitrogens with zero attached hydrogens (tertiary/aromatic N) is 3. The van der Waals surface area contributed by atoms with Crippen LogP contribution in [-0.2, 0) is 15.5 Å². The first kappa shape index (κ1) is 34.2. The first-order valence-electron chi connectivity index (χ1n) is 16.3. The first-order chi connectivity index (χ1) is 21.9. The predicted molar refractivity (Wildman–Crippen MR) is 196 cm³/mol. The second-order valence-electron chi connectivity index (χ2n) is 15.5. The van der Waals surface area contributed by atoms with E-state index in [1.807, 2.05) is 56.4 Å². The van der Waals surface area contributed by atoms with Crippen LogP contribution in [0.1, 0.15) is 80.4 Å². The SMILES string of the molecule is CC(C)(C)c1ccc(-c2cc(-c3ccc(C(C)(C)C)cc3)nc(-c3ccc(-c4ccc([B]OC(C)(C)C(C)(C)O)cc4)nc3)n2)cc1. The van der Waals surface area contributed by atoms with Crippen LogP contribution in [0.15, 0.2) is 97.2 Å². The standard InChI is InChI=1S/C41H47BN3O2/c1-38(2,3)31-18-11-28(12-19-31)35-25-36(29-13-20-32(21-14-29)39(4,5)6)45-37(44-35)30-17-24-34(43-26-30)27-15-22-33(23-16-27)42-47-41(9,10)40(7,8)46/h11-26,46H,1-10H3. The van der Waals surface area contributed by atoms with Gasteiger partial charge in [-0.2, -0.15) is 0 Å². The van der Waals surface area contributed by atoms with Gasteiger partial charge in [-0.05, 0) is 67.9 Å². The molecule has 3 aromatic carbocycles. The largest absolute Gasteiger partial charge is 0.427 e. The molecule has 0 bridgehead atoms. The van der Waals surface area contributed by atoms with Gasteiger partial charge >= 0.3 is 7.48 Å². The first-order valence-corrected chi connectivity index (χ1v) is 16.3. The molecule has 2 heterocycles. The molecular weight excluding hydrogens is 577 g/mol. The Morgan fingerprint density at radius 3 is 1.36 bits per heavy atom. The maximum Gasteiger partial charge on any atom is 0.330 e. The molecule has 0 amide bonds. The van der Waals surface area contributed by atoms with E-state index < -0.39 is 11.2 Å². The van der Waals surface area contributed by atoms with Gasteiger partial charge < -0.3 is 9.76 Å². The summed E-state index contributed by atoms with van der Waals surface area (Å²) in [6.45, 7) is 20.6. The van der Waals surface area contributed by atoms with Crippen LogP contribution in [-0.4, -0.2) is 38.7 Å². The van der Waals surface area contributed by atoms with Crippen molar-refractivity contribution < 1.29 is 9.76 Å². The lowest BCUT2D eigenvalue weighted by Crippen LogP contribution is -2.49. The van der Waals surface area contributed by atoms with Gasteiger partial charge in [0.05, 0.1) is 28.3 Å². The van der Waals surface area contributed by atoms with Crippen LogP contribution >= 0.6 is 0 Å². The molecule has 0 aliphatic carbocycles. The normalized spacial score (nSPS) is 12.7. The summed E-state index contributed by atoms with van der Waals surface area (Å²) in [5.74, 6) is 0.632. The second kappa shape index (κ2) is 12.8. The fourth-order valence-corrected chi connectivity index (χ4v) is 4.94. The van der Waals surface area contributed by atoms with Crippen molar-refractivity contribution in [3.63, 3.8) is 0 Å². The van der Waals surface area contributed by atoms with Crippen molar-refractivity contribution in [3.05, 3.63) is 108 Å². The molecule has 0 unspecified atom stereocenters. The number of rotatable bonds is 8. The van der Waals surface area contributed by atoms with E-state index in [1.54, 1.807) is 21.3 Å². The van der Waals surface area contributed by atoms with Crippen molar-refractivity contribution in [1.29, 1.82) is 0 Å². The van der Waals surface area contributed by atoms with Crippen molar-refractivity contribution in [1.82, 2.24) is 15.0 Å². The molecule has 0 fully saturated rings. The second-order valence-corrected chi connectivity index (χ2v) is 15.5. The van der Waals surface area contributed by atoms with E-state index in [2.05, 4.69) is 96.1 Å². The Labute approximate surface area is 281 Å². The van der Waals surface area contributed by atoms with Crippen LogP contribution in [0, 0.1) is 0 Å². The van der Waals surface area contributed by atoms with Crippen LogP contribution in [0.3, 0.4) is 0 Å². The van der Waals surface area contributed by atoms with E-state index in [1.165, 1.54) is 11.1 Å². The molecule has 6 heteroatoms. The molecule has 2 aromatic heterocycles. The summed E-state index contributed by atoms with van der Waals surface area (Å²) in [5.41, 5.74) is 8.44. The maximum atomic E-state index is 10.4. The van der Waals surface area contributed by atoms with E-state index in [0.717, 1.165) is 44.8 Å². The van der Waals surface area contributed by atoms with Crippen molar-refractivity contribution in [2.24, 2.45) is 0 Å². The lowest BCUT2D eigenvalue weighted by Gasteiger charge is -2.37. The van der Waals surface area contributed by atoms with Crippen molar-refractivity contribution >= 4 is 12.9 Å². The van der Waals surface area contributed by atoms with Crippen LogP contribution in [0.2, 0.25) is 0 Å². The molecule has 0 aliphatic rings. The van der Waals surface area contributed by atoms with E-state index in [9.17, 15) is 5.11 Å². The summed E-state index contributed by atoms with van der Waals surface area (Å²) in [4.78, 5) is 14.9. The molecule has 0 aliphatic heterocycles. The molecule has 241 valence electrons. The fourth-order valence-electron chi connectivity index (χ4n) is 4.94. The Morgan fingerprint density at radius 1 is 0.532 bits per heavy atom. The molecule has 0 saturated heterocycles. The van der Waals surface area contributed by atoms with Gasteiger partial charge in [0.2, 0.25) is 0 Å². The van der Waals surface area contributed by atoms with Gasteiger partial charge in [-0.1, -0.05) is 120 Å². The van der Waals surface area contributed by atoms with Gasteiger partial charge in [0.25, 0.3) is 0 Å². The Bertz CT molecular complexity index is 1730. The molecule has 47 heavy (non-hydrogen) atoms. The monoisotopic (exact) mass is 624 g/mol. The number of hydrogen-bond donors (Lipinski definition) is 1. The van der Waals surface area contributed by atoms with Crippen molar-refractivity contribution in [2.45, 2.75) is 91.3 Å². The Balaban J connectivity index is 1.45. The molecule has 0 spiro atoms. The fraction of sp³-hybridized carbons (Fsp3) is 0.341. The third kappa shape index (κ3) is 8.06. The maximum absolute atomic E-state index is 10.4. The summed E-state index contributed by atoms with van der Waals surface area (Å²) in [7, 11) is 1.69. The zero-order chi connectivity index (χ0) is 34.2. The lowest BCUT2D eigenvalue weighted by molar-refractivity contribution is -0.0893. The van der Waals surface area contributed by atoms with Crippen LogP contribution < -0.4 is 5.46 Å². The zero-order valence-electron chi connectivity index (χ0n) is 29.5. The molecule has 1 N–H and O–H groups in total. The Morgan fingerprint density at radius 2 is 0.957 bits per heavy atom. The van der Waals surface area contributed by atoms with Gasteiger partial charge in [0.1, 0.15) is 0 Å². The van der Waals surface area contributed by atoms with Crippen molar-refractivity contribution in [2.75, 3.05) is 0 Å². The van der Waals surface area contributed by atoms with Crippen LogP contribution in [0.5, 0.6) is 0 Å². The number of aliphatic hydroxyl groups is 1. The van der Waals surface area contributed by atoms with Crippen molar-refractivity contribution in [3.8, 4) is 45.2 Å². The molecular formula is C41H47BN3O2. The number of hydrogen-bond acceptors (Lipinski definition) is 5. The molecule has 1 radical (unpaired) electrons. The molecule has 5 aromatic rings. The minimum Gasteiger partial charge on any atom is -0.427 e. The third-order valence-electron chi connectivity index (χ3n) is 9.01. The topological polar surface area (TPSA) is 68.1 Å². The van der Waals surface area contributed by atoms with Crippen LogP contribution in [0.25, 0.3) is 45.2 Å². The Hall–Kier alpha value is -4.13. The van der Waals surface area contributed by atoms with E-state index in [-0.39, 0.29) is 10.8 Å². The lowest BCUT2D eigenvalue weighted by atomic mass is 9.82. The number of benzene rings is 3. The molecule has 0 saturated carbocycles. The van der Waals surface area contributed by atoms with Gasteiger partial charge in [-0.3, -0.25) is 4.98 Å². The number of pyridine rings is 1. The quantitative estimate of drug-likeness (QED) is 0.175. The van der Waals surface area contributed by atoms with Gasteiger partial charge in [-0.25, -0.2) is 9.97 Å². The highest BCUT2D eigenvalue weighted by Crippen LogP contribution is 2.32. The van der Waals surface area contributed by atoms with E-state index in [4.69, 9.17) is 19.6 Å². The molecule has 5 rings (SSSR count). The molecule has 0 atom stereocenters. The van der Waals surface area contributed by atoms with Gasteiger partial charge in [0.15, 0.2) is 5.82 Å². The van der Waals surface area contributed by atoms with Crippen LogP contribution in [0.4, 0.5) is 0 Å². The summed E-state index contributed by atoms with van der Waals surface area (Å²) < 4.78 is 5.91. The summed E-state index contributed by atoms with van der Waals surface area (Å²) in [6.07, 6.45) is 1.85. The highest BCUT2D eigenvalue weighted by Gasteiger charge is 2.35. The summed E-state index contributed by atoms with van der Waals surface area (Å²) >= 11 is 0. The van der Waals surface area contributed by atoms with E-state index in [0.29, 0.717) is 5.82 Å². The average molecular weight is 625 g/mol. The Kier molecular flexibility index (Phi) is 9.33. The average Bonchev–Trinajstić information content (AvgIpc) is 3.03. The van der Waals surface area contributed by atoms with Gasteiger partial charge in [-0.15, -0.1) is 0 Å².